The maximum atomic E-state index is 12.0. The van der Waals surface area contributed by atoms with Crippen molar-refractivity contribution in [3.05, 3.63) is 70.6 Å². The second kappa shape index (κ2) is 7.27. The highest BCUT2D eigenvalue weighted by Gasteiger charge is 2.10. The van der Waals surface area contributed by atoms with Crippen LogP contribution < -0.4 is 5.32 Å². The summed E-state index contributed by atoms with van der Waals surface area (Å²) in [5, 5.41) is 7.33. The Morgan fingerprint density at radius 1 is 1.12 bits per heavy atom. The Bertz CT molecular complexity index is 826. The van der Waals surface area contributed by atoms with E-state index in [0.29, 0.717) is 23.2 Å². The standard InChI is InChI=1S/C18H16ClN3O2/c1-12-2-4-13(5-3-12)10-16(23)20-11-17-21-18(22-24-17)14-6-8-15(19)9-7-14/h2-9H,10-11H2,1H3,(H,20,23). The molecule has 0 bridgehead atoms. The molecule has 3 rings (SSSR count). The van der Waals surface area contributed by atoms with Crippen LogP contribution in [0.3, 0.4) is 0 Å². The zero-order valence-electron chi connectivity index (χ0n) is 13.1. The van der Waals surface area contributed by atoms with Crippen LogP contribution in [0.25, 0.3) is 11.4 Å². The van der Waals surface area contributed by atoms with Crippen LogP contribution in [-0.4, -0.2) is 16.0 Å². The van der Waals surface area contributed by atoms with E-state index < -0.39 is 0 Å². The molecule has 0 aliphatic heterocycles. The Balaban J connectivity index is 1.56. The Kier molecular flexibility index (Phi) is 4.91. The number of halogens is 1. The number of rotatable bonds is 5. The van der Waals surface area contributed by atoms with E-state index in [0.717, 1.165) is 11.1 Å². The van der Waals surface area contributed by atoms with Gasteiger partial charge in [0.15, 0.2) is 0 Å². The summed E-state index contributed by atoms with van der Waals surface area (Å²) in [5.74, 6) is 0.733. The second-order valence-electron chi connectivity index (χ2n) is 5.46. The van der Waals surface area contributed by atoms with Crippen molar-refractivity contribution in [1.29, 1.82) is 0 Å². The molecule has 122 valence electrons. The van der Waals surface area contributed by atoms with Crippen molar-refractivity contribution in [2.45, 2.75) is 19.9 Å². The lowest BCUT2D eigenvalue weighted by molar-refractivity contribution is -0.120. The highest BCUT2D eigenvalue weighted by Crippen LogP contribution is 2.18. The largest absolute Gasteiger partial charge is 0.347 e. The van der Waals surface area contributed by atoms with Crippen LogP contribution in [-0.2, 0) is 17.8 Å². The summed E-state index contributed by atoms with van der Waals surface area (Å²) in [6.07, 6.45) is 0.318. The molecule has 1 heterocycles. The highest BCUT2D eigenvalue weighted by atomic mass is 35.5. The van der Waals surface area contributed by atoms with Gasteiger partial charge in [-0.25, -0.2) is 0 Å². The predicted octanol–water partition coefficient (Wildman–Crippen LogP) is 3.56. The second-order valence-corrected chi connectivity index (χ2v) is 5.89. The van der Waals surface area contributed by atoms with Crippen LogP contribution >= 0.6 is 11.6 Å². The van der Waals surface area contributed by atoms with E-state index in [-0.39, 0.29) is 12.5 Å². The van der Waals surface area contributed by atoms with E-state index in [9.17, 15) is 4.79 Å². The number of aromatic nitrogens is 2. The molecule has 1 amide bonds. The number of carbonyl (C=O) groups is 1. The summed E-state index contributed by atoms with van der Waals surface area (Å²) >= 11 is 5.85. The van der Waals surface area contributed by atoms with Gasteiger partial charge in [-0.15, -0.1) is 0 Å². The normalized spacial score (nSPS) is 10.6. The molecule has 1 N–H and O–H groups in total. The molecule has 0 radical (unpaired) electrons. The van der Waals surface area contributed by atoms with Crippen molar-refractivity contribution >= 4 is 17.5 Å². The zero-order chi connectivity index (χ0) is 16.9. The molecule has 2 aromatic carbocycles. The van der Waals surface area contributed by atoms with Gasteiger partial charge in [0, 0.05) is 10.6 Å². The van der Waals surface area contributed by atoms with Gasteiger partial charge in [-0.3, -0.25) is 4.79 Å². The van der Waals surface area contributed by atoms with Gasteiger partial charge in [0.25, 0.3) is 0 Å². The minimum absolute atomic E-state index is 0.0925. The molecule has 0 fully saturated rings. The maximum absolute atomic E-state index is 12.0. The van der Waals surface area contributed by atoms with Gasteiger partial charge in [0.1, 0.15) is 0 Å². The summed E-state index contributed by atoms with van der Waals surface area (Å²) < 4.78 is 5.16. The zero-order valence-corrected chi connectivity index (χ0v) is 13.9. The average Bonchev–Trinajstić information content (AvgIpc) is 3.05. The lowest BCUT2D eigenvalue weighted by Gasteiger charge is -2.03. The van der Waals surface area contributed by atoms with Crippen LogP contribution in [0.1, 0.15) is 17.0 Å². The minimum Gasteiger partial charge on any atom is -0.347 e. The summed E-state index contributed by atoms with van der Waals surface area (Å²) in [5.41, 5.74) is 2.94. The van der Waals surface area contributed by atoms with Gasteiger partial charge in [0.2, 0.25) is 17.6 Å². The Labute approximate surface area is 144 Å². The molecular formula is C18H16ClN3O2. The SMILES string of the molecule is Cc1ccc(CC(=O)NCc2nc(-c3ccc(Cl)cc3)no2)cc1. The van der Waals surface area contributed by atoms with Gasteiger partial charge in [-0.2, -0.15) is 4.98 Å². The third kappa shape index (κ3) is 4.20. The third-order valence-electron chi connectivity index (χ3n) is 3.49. The molecular weight excluding hydrogens is 326 g/mol. The van der Waals surface area contributed by atoms with Crippen LogP contribution in [0.4, 0.5) is 0 Å². The lowest BCUT2D eigenvalue weighted by Crippen LogP contribution is -2.24. The van der Waals surface area contributed by atoms with E-state index >= 15 is 0 Å². The molecule has 0 saturated heterocycles. The number of aryl methyl sites for hydroxylation is 1. The van der Waals surface area contributed by atoms with Crippen molar-refractivity contribution in [1.82, 2.24) is 15.5 Å². The van der Waals surface area contributed by atoms with E-state index in [1.54, 1.807) is 12.1 Å². The molecule has 0 spiro atoms. The topological polar surface area (TPSA) is 68.0 Å². The van der Waals surface area contributed by atoms with Crippen molar-refractivity contribution in [3.8, 4) is 11.4 Å². The fraction of sp³-hybridized carbons (Fsp3) is 0.167. The van der Waals surface area contributed by atoms with Gasteiger partial charge in [0.05, 0.1) is 13.0 Å². The number of hydrogen-bond donors (Lipinski definition) is 1. The van der Waals surface area contributed by atoms with Crippen LogP contribution in [0.15, 0.2) is 53.1 Å². The summed E-state index contributed by atoms with van der Waals surface area (Å²) in [6, 6.07) is 15.0. The van der Waals surface area contributed by atoms with E-state index in [1.165, 1.54) is 5.56 Å². The predicted molar refractivity (Wildman–Crippen MR) is 91.5 cm³/mol. The molecule has 6 heteroatoms. The first-order valence-electron chi connectivity index (χ1n) is 7.51. The number of carbonyl (C=O) groups excluding carboxylic acids is 1. The number of benzene rings is 2. The number of nitrogens with zero attached hydrogens (tertiary/aromatic N) is 2. The maximum Gasteiger partial charge on any atom is 0.246 e. The fourth-order valence-electron chi connectivity index (χ4n) is 2.17. The molecule has 0 unspecified atom stereocenters. The molecule has 0 aliphatic carbocycles. The number of hydrogen-bond acceptors (Lipinski definition) is 4. The third-order valence-corrected chi connectivity index (χ3v) is 3.74. The van der Waals surface area contributed by atoms with Crippen LogP contribution in [0.2, 0.25) is 5.02 Å². The molecule has 3 aromatic rings. The smallest absolute Gasteiger partial charge is 0.246 e. The Hall–Kier alpha value is -2.66. The highest BCUT2D eigenvalue weighted by molar-refractivity contribution is 6.30. The van der Waals surface area contributed by atoms with Crippen molar-refractivity contribution in [2.75, 3.05) is 0 Å². The molecule has 1 aromatic heterocycles. The van der Waals surface area contributed by atoms with Gasteiger partial charge < -0.3 is 9.84 Å². The molecule has 5 nitrogen and oxygen atoms in total. The van der Waals surface area contributed by atoms with E-state index in [4.69, 9.17) is 16.1 Å². The van der Waals surface area contributed by atoms with Crippen LogP contribution in [0.5, 0.6) is 0 Å². The first kappa shape index (κ1) is 16.2. The molecule has 24 heavy (non-hydrogen) atoms. The number of amides is 1. The molecule has 0 saturated carbocycles. The van der Waals surface area contributed by atoms with Gasteiger partial charge in [-0.05, 0) is 36.8 Å². The van der Waals surface area contributed by atoms with Gasteiger partial charge >= 0.3 is 0 Å². The molecule has 0 aliphatic rings. The van der Waals surface area contributed by atoms with Crippen molar-refractivity contribution in [2.24, 2.45) is 0 Å². The van der Waals surface area contributed by atoms with Gasteiger partial charge in [-0.1, -0.05) is 46.6 Å². The summed E-state index contributed by atoms with van der Waals surface area (Å²) in [6.45, 7) is 2.21. The van der Waals surface area contributed by atoms with Crippen molar-refractivity contribution < 1.29 is 9.32 Å². The summed E-state index contributed by atoms with van der Waals surface area (Å²) in [7, 11) is 0. The monoisotopic (exact) mass is 341 g/mol. The number of nitrogens with one attached hydrogen (secondary N) is 1. The lowest BCUT2D eigenvalue weighted by atomic mass is 10.1. The minimum atomic E-state index is -0.0925. The molecule has 0 atom stereocenters. The van der Waals surface area contributed by atoms with E-state index in [2.05, 4.69) is 15.5 Å². The summed E-state index contributed by atoms with van der Waals surface area (Å²) in [4.78, 5) is 16.2. The Morgan fingerprint density at radius 3 is 2.54 bits per heavy atom. The quantitative estimate of drug-likeness (QED) is 0.770. The Morgan fingerprint density at radius 2 is 1.83 bits per heavy atom. The fourth-order valence-corrected chi connectivity index (χ4v) is 2.30. The van der Waals surface area contributed by atoms with E-state index in [1.807, 2.05) is 43.3 Å². The van der Waals surface area contributed by atoms with Crippen LogP contribution in [0, 0.1) is 6.92 Å². The first-order chi connectivity index (χ1) is 11.6. The first-order valence-corrected chi connectivity index (χ1v) is 7.89. The van der Waals surface area contributed by atoms with Crippen molar-refractivity contribution in [3.63, 3.8) is 0 Å². The average molecular weight is 342 g/mol.